The summed E-state index contributed by atoms with van der Waals surface area (Å²) >= 11 is 0. The number of hydrogen-bond donors (Lipinski definition) is 0. The Morgan fingerprint density at radius 2 is 0.846 bits per heavy atom. The van der Waals surface area contributed by atoms with Gasteiger partial charge in [0.15, 0.2) is 37.9 Å². The minimum absolute atomic E-state index is 0.851. The molecule has 4 heterocycles. The van der Waals surface area contributed by atoms with Crippen LogP contribution in [-0.4, -0.2) is 9.97 Å². The van der Waals surface area contributed by atoms with E-state index in [1.54, 1.807) is 0 Å². The maximum atomic E-state index is 4.06. The van der Waals surface area contributed by atoms with Crippen molar-refractivity contribution in [1.29, 1.82) is 0 Å². The summed E-state index contributed by atoms with van der Waals surface area (Å²) in [7, 11) is 0. The topological polar surface area (TPSA) is 33.5 Å². The molecule has 26 heavy (non-hydrogen) atoms. The number of rotatable bonds is 5. The van der Waals surface area contributed by atoms with Gasteiger partial charge in [0.2, 0.25) is 0 Å². The summed E-state index contributed by atoms with van der Waals surface area (Å²) in [5.41, 5.74) is 4.92. The average Bonchev–Trinajstić information content (AvgIpc) is 2.71. The largest absolute Gasteiger partial charge is 0.265 e. The van der Waals surface area contributed by atoms with Gasteiger partial charge in [0.25, 0.3) is 0 Å². The van der Waals surface area contributed by atoms with Gasteiger partial charge in [-0.2, -0.15) is 0 Å². The molecular formula is C22H20N4+2. The van der Waals surface area contributed by atoms with Crippen LogP contribution >= 0.6 is 0 Å². The Morgan fingerprint density at radius 3 is 1.19 bits per heavy atom. The van der Waals surface area contributed by atoms with Crippen molar-refractivity contribution in [3.05, 3.63) is 109 Å². The van der Waals surface area contributed by atoms with Crippen LogP contribution in [0.2, 0.25) is 0 Å². The molecule has 0 atom stereocenters. The zero-order valence-electron chi connectivity index (χ0n) is 14.4. The van der Waals surface area contributed by atoms with Crippen LogP contribution in [0.5, 0.6) is 0 Å². The summed E-state index contributed by atoms with van der Waals surface area (Å²) in [6.45, 7) is 1.70. The molecule has 0 unspecified atom stereocenters. The van der Waals surface area contributed by atoms with Crippen LogP contribution in [0.1, 0.15) is 11.1 Å². The third kappa shape index (κ3) is 3.98. The van der Waals surface area contributed by atoms with Gasteiger partial charge in [-0.1, -0.05) is 0 Å². The van der Waals surface area contributed by atoms with Crippen LogP contribution in [0.4, 0.5) is 0 Å². The second kappa shape index (κ2) is 7.66. The molecule has 4 aromatic rings. The van der Waals surface area contributed by atoms with Gasteiger partial charge in [-0.25, -0.2) is 9.13 Å². The van der Waals surface area contributed by atoms with E-state index in [0.29, 0.717) is 0 Å². The number of hydrogen-bond acceptors (Lipinski definition) is 2. The summed E-state index contributed by atoms with van der Waals surface area (Å²) in [5, 5.41) is 0. The lowest BCUT2D eigenvalue weighted by molar-refractivity contribution is -0.688. The Bertz CT molecular complexity index is 867. The normalized spacial score (nSPS) is 10.6. The molecule has 0 aliphatic heterocycles. The predicted molar refractivity (Wildman–Crippen MR) is 98.9 cm³/mol. The van der Waals surface area contributed by atoms with Crippen LogP contribution in [0.3, 0.4) is 0 Å². The molecule has 0 saturated carbocycles. The lowest BCUT2D eigenvalue weighted by Gasteiger charge is -2.02. The Hall–Kier alpha value is -3.40. The second-order valence-corrected chi connectivity index (χ2v) is 6.23. The zero-order chi connectivity index (χ0) is 17.6. The molecular weight excluding hydrogens is 320 g/mol. The van der Waals surface area contributed by atoms with Crippen molar-refractivity contribution < 1.29 is 9.13 Å². The first kappa shape index (κ1) is 16.1. The van der Waals surface area contributed by atoms with Crippen molar-refractivity contribution >= 4 is 0 Å². The van der Waals surface area contributed by atoms with Gasteiger partial charge in [-0.3, -0.25) is 9.97 Å². The molecule has 4 heteroatoms. The first-order valence-electron chi connectivity index (χ1n) is 8.63. The first-order valence-corrected chi connectivity index (χ1v) is 8.63. The fourth-order valence-electron chi connectivity index (χ4n) is 2.91. The van der Waals surface area contributed by atoms with Gasteiger partial charge < -0.3 is 0 Å². The average molecular weight is 340 g/mol. The highest BCUT2D eigenvalue weighted by Crippen LogP contribution is 2.15. The summed E-state index contributed by atoms with van der Waals surface area (Å²) in [4.78, 5) is 8.12. The smallest absolute Gasteiger partial charge is 0.173 e. The number of pyridine rings is 4. The van der Waals surface area contributed by atoms with Gasteiger partial charge in [0, 0.05) is 60.2 Å². The molecule has 0 aliphatic carbocycles. The monoisotopic (exact) mass is 340 g/mol. The van der Waals surface area contributed by atoms with Gasteiger partial charge in [-0.05, 0) is 35.4 Å². The van der Waals surface area contributed by atoms with E-state index in [9.17, 15) is 0 Å². The van der Waals surface area contributed by atoms with Crippen molar-refractivity contribution in [3.63, 3.8) is 0 Å². The SMILES string of the molecule is c1cc(C[n+]2ccc(-c3cc[n+](Cc4ccncc4)cc3)cc2)ccn1. The Kier molecular flexibility index (Phi) is 4.74. The molecule has 0 saturated heterocycles. The minimum atomic E-state index is 0.851. The van der Waals surface area contributed by atoms with E-state index in [2.05, 4.69) is 68.2 Å². The van der Waals surface area contributed by atoms with Crippen molar-refractivity contribution in [3.8, 4) is 11.1 Å². The molecule has 0 bridgehead atoms. The third-order valence-electron chi connectivity index (χ3n) is 4.34. The Balaban J connectivity index is 1.45. The van der Waals surface area contributed by atoms with E-state index >= 15 is 0 Å². The summed E-state index contributed by atoms with van der Waals surface area (Å²) < 4.78 is 4.34. The highest BCUT2D eigenvalue weighted by Gasteiger charge is 2.07. The Labute approximate surface area is 153 Å². The van der Waals surface area contributed by atoms with Gasteiger partial charge in [0.1, 0.15) is 0 Å². The predicted octanol–water partition coefficient (Wildman–Crippen LogP) is 2.82. The second-order valence-electron chi connectivity index (χ2n) is 6.23. The molecule has 0 aromatic carbocycles. The van der Waals surface area contributed by atoms with Crippen molar-refractivity contribution in [2.75, 3.05) is 0 Å². The van der Waals surface area contributed by atoms with Crippen molar-refractivity contribution in [1.82, 2.24) is 9.97 Å². The van der Waals surface area contributed by atoms with Crippen LogP contribution in [0.15, 0.2) is 98.1 Å². The quantitative estimate of drug-likeness (QED) is 0.524. The molecule has 0 amide bonds. The van der Waals surface area contributed by atoms with Gasteiger partial charge in [0.05, 0.1) is 0 Å². The number of aromatic nitrogens is 4. The van der Waals surface area contributed by atoms with Crippen LogP contribution in [0.25, 0.3) is 11.1 Å². The van der Waals surface area contributed by atoms with Gasteiger partial charge >= 0.3 is 0 Å². The molecule has 4 rings (SSSR count). The highest BCUT2D eigenvalue weighted by molar-refractivity contribution is 5.60. The summed E-state index contributed by atoms with van der Waals surface area (Å²) in [6, 6.07) is 16.8. The Morgan fingerprint density at radius 1 is 0.500 bits per heavy atom. The maximum absolute atomic E-state index is 4.06. The standard InChI is InChI=1S/C22H20N4/c1-9-23-10-2-19(1)17-25-13-5-21(6-14-25)22-7-15-26(16-8-22)18-20-3-11-24-12-4-20/h1-16H,17-18H2/q+2. The lowest BCUT2D eigenvalue weighted by atomic mass is 10.1. The maximum Gasteiger partial charge on any atom is 0.173 e. The molecule has 4 aromatic heterocycles. The molecule has 0 N–H and O–H groups in total. The third-order valence-corrected chi connectivity index (χ3v) is 4.34. The van der Waals surface area contributed by atoms with E-state index in [1.165, 1.54) is 22.3 Å². The zero-order valence-corrected chi connectivity index (χ0v) is 14.4. The molecule has 0 spiro atoms. The minimum Gasteiger partial charge on any atom is -0.265 e. The summed E-state index contributed by atoms with van der Waals surface area (Å²) in [5.74, 6) is 0. The molecule has 0 aliphatic rings. The molecule has 0 fully saturated rings. The lowest BCUT2D eigenvalue weighted by Crippen LogP contribution is -2.33. The fourth-order valence-corrected chi connectivity index (χ4v) is 2.91. The first-order chi connectivity index (χ1) is 12.9. The van der Waals surface area contributed by atoms with Crippen LogP contribution in [-0.2, 0) is 13.1 Å². The van der Waals surface area contributed by atoms with E-state index < -0.39 is 0 Å². The van der Waals surface area contributed by atoms with Crippen LogP contribution in [0, 0.1) is 0 Å². The molecule has 4 nitrogen and oxygen atoms in total. The summed E-state index contributed by atoms with van der Waals surface area (Å²) in [6.07, 6.45) is 15.8. The van der Waals surface area contributed by atoms with Crippen molar-refractivity contribution in [2.45, 2.75) is 13.1 Å². The van der Waals surface area contributed by atoms with E-state index in [0.717, 1.165) is 13.1 Å². The van der Waals surface area contributed by atoms with E-state index in [-0.39, 0.29) is 0 Å². The van der Waals surface area contributed by atoms with E-state index in [4.69, 9.17) is 0 Å². The van der Waals surface area contributed by atoms with E-state index in [1.807, 2.05) is 49.1 Å². The number of nitrogens with zero attached hydrogens (tertiary/aromatic N) is 4. The highest BCUT2D eigenvalue weighted by atomic mass is 14.9. The molecule has 0 radical (unpaired) electrons. The van der Waals surface area contributed by atoms with Gasteiger partial charge in [-0.15, -0.1) is 0 Å². The van der Waals surface area contributed by atoms with Crippen LogP contribution < -0.4 is 9.13 Å². The van der Waals surface area contributed by atoms with Crippen molar-refractivity contribution in [2.24, 2.45) is 0 Å². The molecule has 126 valence electrons. The fraction of sp³-hybridized carbons (Fsp3) is 0.0909.